The van der Waals surface area contributed by atoms with E-state index in [1.54, 1.807) is 31.2 Å². The molecule has 0 fully saturated rings. The third-order valence-electron chi connectivity index (χ3n) is 4.69. The van der Waals surface area contributed by atoms with Gasteiger partial charge in [0.2, 0.25) is 10.0 Å². The molecule has 3 aromatic carbocycles. The molecule has 3 aromatic rings. The average molecular weight is 468 g/mol. The van der Waals surface area contributed by atoms with Crippen molar-refractivity contribution in [3.05, 3.63) is 95.6 Å². The van der Waals surface area contributed by atoms with Crippen LogP contribution in [0.5, 0.6) is 5.75 Å². The quantitative estimate of drug-likeness (QED) is 0.441. The topological polar surface area (TPSA) is 114 Å². The first-order valence-corrected chi connectivity index (χ1v) is 11.7. The summed E-state index contributed by atoms with van der Waals surface area (Å²) >= 11 is 0. The largest absolute Gasteiger partial charge is 0.481 e. The number of hydrazine groups is 1. The molecule has 0 saturated heterocycles. The van der Waals surface area contributed by atoms with Crippen LogP contribution in [0.25, 0.3) is 0 Å². The van der Waals surface area contributed by atoms with E-state index < -0.39 is 27.9 Å². The molecule has 0 radical (unpaired) electrons. The van der Waals surface area contributed by atoms with Gasteiger partial charge in [-0.3, -0.25) is 20.4 Å². The van der Waals surface area contributed by atoms with Crippen molar-refractivity contribution < 1.29 is 22.7 Å². The van der Waals surface area contributed by atoms with E-state index in [0.29, 0.717) is 5.75 Å². The Morgan fingerprint density at radius 1 is 0.909 bits per heavy atom. The van der Waals surface area contributed by atoms with E-state index in [0.717, 1.165) is 11.1 Å². The zero-order valence-electron chi connectivity index (χ0n) is 18.2. The maximum atomic E-state index is 12.6. The second kappa shape index (κ2) is 10.8. The van der Waals surface area contributed by atoms with E-state index in [-0.39, 0.29) is 17.0 Å². The van der Waals surface area contributed by atoms with Crippen LogP contribution in [0, 0.1) is 6.92 Å². The summed E-state index contributed by atoms with van der Waals surface area (Å²) in [4.78, 5) is 24.6. The molecule has 2 amide bonds. The number of benzene rings is 3. The second-order valence-corrected chi connectivity index (χ2v) is 9.12. The minimum atomic E-state index is -3.83. The number of ether oxygens (including phenoxy) is 1. The van der Waals surface area contributed by atoms with Crippen molar-refractivity contribution >= 4 is 21.8 Å². The van der Waals surface area contributed by atoms with Crippen molar-refractivity contribution in [3.63, 3.8) is 0 Å². The highest BCUT2D eigenvalue weighted by Gasteiger charge is 2.18. The predicted molar refractivity (Wildman–Crippen MR) is 124 cm³/mol. The van der Waals surface area contributed by atoms with Gasteiger partial charge in [-0.15, -0.1) is 0 Å². The zero-order chi connectivity index (χ0) is 23.8. The number of rotatable bonds is 8. The standard InChI is InChI=1S/C24H25N3O5S/c1-17-8-6-12-21(14-17)32-18(2)23(28)26-27-24(29)20-11-7-13-22(15-20)33(30,31)25-16-19-9-4-3-5-10-19/h3-15,18,25H,16H2,1-2H3,(H,26,28)(H,27,29). The Morgan fingerprint density at radius 3 is 2.36 bits per heavy atom. The van der Waals surface area contributed by atoms with E-state index in [9.17, 15) is 18.0 Å². The van der Waals surface area contributed by atoms with E-state index >= 15 is 0 Å². The Hall–Kier alpha value is -3.69. The molecule has 8 nitrogen and oxygen atoms in total. The number of carbonyl (C=O) groups is 2. The summed E-state index contributed by atoms with van der Waals surface area (Å²) in [6.07, 6.45) is -0.860. The number of nitrogens with one attached hydrogen (secondary N) is 3. The van der Waals surface area contributed by atoms with Crippen LogP contribution in [-0.2, 0) is 21.4 Å². The Kier molecular flexibility index (Phi) is 7.81. The fraction of sp³-hybridized carbons (Fsp3) is 0.167. The summed E-state index contributed by atoms with van der Waals surface area (Å²) in [7, 11) is -3.83. The summed E-state index contributed by atoms with van der Waals surface area (Å²) in [5.41, 5.74) is 6.44. The first kappa shape index (κ1) is 24.0. The monoisotopic (exact) mass is 467 g/mol. The molecule has 0 saturated carbocycles. The molecule has 0 heterocycles. The van der Waals surface area contributed by atoms with Gasteiger partial charge >= 0.3 is 0 Å². The lowest BCUT2D eigenvalue weighted by atomic mass is 10.2. The Morgan fingerprint density at radius 2 is 1.64 bits per heavy atom. The van der Waals surface area contributed by atoms with Crippen molar-refractivity contribution in [2.45, 2.75) is 31.4 Å². The predicted octanol–water partition coefficient (Wildman–Crippen LogP) is 2.70. The first-order chi connectivity index (χ1) is 15.7. The molecule has 33 heavy (non-hydrogen) atoms. The third kappa shape index (κ3) is 6.90. The van der Waals surface area contributed by atoms with Gasteiger partial charge in [0.25, 0.3) is 11.8 Å². The summed E-state index contributed by atoms with van der Waals surface area (Å²) < 4.78 is 33.3. The Bertz CT molecular complexity index is 1230. The average Bonchev–Trinajstić information content (AvgIpc) is 2.82. The van der Waals surface area contributed by atoms with Crippen molar-refractivity contribution in [2.24, 2.45) is 0 Å². The van der Waals surface area contributed by atoms with E-state index in [1.165, 1.54) is 24.3 Å². The highest BCUT2D eigenvalue weighted by Crippen LogP contribution is 2.14. The van der Waals surface area contributed by atoms with Gasteiger partial charge in [0.1, 0.15) is 5.75 Å². The fourth-order valence-corrected chi connectivity index (χ4v) is 3.96. The normalized spacial score (nSPS) is 11.9. The summed E-state index contributed by atoms with van der Waals surface area (Å²) in [6.45, 7) is 3.58. The van der Waals surface area contributed by atoms with Gasteiger partial charge in [0.05, 0.1) is 4.90 Å². The smallest absolute Gasteiger partial charge is 0.279 e. The summed E-state index contributed by atoms with van der Waals surface area (Å²) in [5, 5.41) is 0. The van der Waals surface area contributed by atoms with Crippen LogP contribution in [-0.4, -0.2) is 26.3 Å². The molecule has 172 valence electrons. The Labute approximate surface area is 193 Å². The van der Waals surface area contributed by atoms with Crippen LogP contribution < -0.4 is 20.3 Å². The summed E-state index contributed by atoms with van der Waals surface area (Å²) in [5.74, 6) is -0.686. The van der Waals surface area contributed by atoms with Gasteiger partial charge in [0, 0.05) is 12.1 Å². The molecule has 0 aliphatic heterocycles. The van der Waals surface area contributed by atoms with Gasteiger partial charge in [-0.1, -0.05) is 48.5 Å². The molecule has 1 unspecified atom stereocenters. The zero-order valence-corrected chi connectivity index (χ0v) is 19.1. The van der Waals surface area contributed by atoms with Crippen LogP contribution in [0.4, 0.5) is 0 Å². The molecule has 0 aliphatic rings. The highest BCUT2D eigenvalue weighted by molar-refractivity contribution is 7.89. The van der Waals surface area contributed by atoms with Crippen LogP contribution in [0.1, 0.15) is 28.4 Å². The van der Waals surface area contributed by atoms with Crippen molar-refractivity contribution in [1.82, 2.24) is 15.6 Å². The van der Waals surface area contributed by atoms with Gasteiger partial charge in [-0.05, 0) is 55.3 Å². The van der Waals surface area contributed by atoms with Crippen molar-refractivity contribution in [1.29, 1.82) is 0 Å². The molecule has 9 heteroatoms. The van der Waals surface area contributed by atoms with Crippen molar-refractivity contribution in [3.8, 4) is 5.75 Å². The SMILES string of the molecule is Cc1cccc(OC(C)C(=O)NNC(=O)c2cccc(S(=O)(=O)NCc3ccccc3)c2)c1. The first-order valence-electron chi connectivity index (χ1n) is 10.2. The minimum Gasteiger partial charge on any atom is -0.481 e. The molecule has 0 aliphatic carbocycles. The molecule has 1 atom stereocenters. The van der Waals surface area contributed by atoms with E-state index in [1.807, 2.05) is 37.3 Å². The molecule has 3 rings (SSSR count). The highest BCUT2D eigenvalue weighted by atomic mass is 32.2. The van der Waals surface area contributed by atoms with Crippen LogP contribution in [0.15, 0.2) is 83.8 Å². The van der Waals surface area contributed by atoms with E-state index in [4.69, 9.17) is 4.74 Å². The van der Waals surface area contributed by atoms with Crippen LogP contribution >= 0.6 is 0 Å². The fourth-order valence-electron chi connectivity index (χ4n) is 2.90. The van der Waals surface area contributed by atoms with Gasteiger partial charge < -0.3 is 4.74 Å². The van der Waals surface area contributed by atoms with E-state index in [2.05, 4.69) is 15.6 Å². The third-order valence-corrected chi connectivity index (χ3v) is 6.09. The Balaban J connectivity index is 1.58. The second-order valence-electron chi connectivity index (χ2n) is 7.36. The molecule has 0 bridgehead atoms. The van der Waals surface area contributed by atoms with Gasteiger partial charge in [0.15, 0.2) is 6.10 Å². The maximum absolute atomic E-state index is 12.6. The molecular formula is C24H25N3O5S. The van der Waals surface area contributed by atoms with Gasteiger partial charge in [-0.2, -0.15) is 0 Å². The number of aryl methyl sites for hydroxylation is 1. The van der Waals surface area contributed by atoms with Gasteiger partial charge in [-0.25, -0.2) is 13.1 Å². The molecule has 0 aromatic heterocycles. The van der Waals surface area contributed by atoms with Crippen molar-refractivity contribution in [2.75, 3.05) is 0 Å². The molecule has 0 spiro atoms. The van der Waals surface area contributed by atoms with Crippen LogP contribution in [0.3, 0.4) is 0 Å². The number of hydrogen-bond donors (Lipinski definition) is 3. The number of amides is 2. The lowest BCUT2D eigenvalue weighted by molar-refractivity contribution is -0.128. The van der Waals surface area contributed by atoms with Crippen LogP contribution in [0.2, 0.25) is 0 Å². The molecule has 3 N–H and O–H groups in total. The summed E-state index contributed by atoms with van der Waals surface area (Å²) in [6, 6.07) is 21.9. The maximum Gasteiger partial charge on any atom is 0.279 e. The number of hydrogen-bond acceptors (Lipinski definition) is 5. The number of carbonyl (C=O) groups excluding carboxylic acids is 2. The lowest BCUT2D eigenvalue weighted by Crippen LogP contribution is -2.47. The number of sulfonamides is 1. The lowest BCUT2D eigenvalue weighted by Gasteiger charge is -2.15. The molecular weight excluding hydrogens is 442 g/mol. The minimum absolute atomic E-state index is 0.0615.